The van der Waals surface area contributed by atoms with Crippen LogP contribution < -0.4 is 21.2 Å². The van der Waals surface area contributed by atoms with Crippen LogP contribution in [0.25, 0.3) is 0 Å². The molecule has 0 aromatic heterocycles. The van der Waals surface area contributed by atoms with Crippen molar-refractivity contribution in [1.82, 2.24) is 21.5 Å². The van der Waals surface area contributed by atoms with Crippen LogP contribution in [0.15, 0.2) is 29.3 Å². The summed E-state index contributed by atoms with van der Waals surface area (Å²) in [6.07, 6.45) is 1.05. The predicted molar refractivity (Wildman–Crippen MR) is 70.5 cm³/mol. The van der Waals surface area contributed by atoms with Crippen molar-refractivity contribution in [2.45, 2.75) is 19.9 Å². The van der Waals surface area contributed by atoms with E-state index in [1.807, 2.05) is 29.3 Å². The van der Waals surface area contributed by atoms with Crippen molar-refractivity contribution in [2.24, 2.45) is 4.99 Å². The van der Waals surface area contributed by atoms with E-state index in [1.165, 1.54) is 0 Å². The summed E-state index contributed by atoms with van der Waals surface area (Å²) in [5.41, 5.74) is 9.91. The number of rotatable bonds is 5. The third kappa shape index (κ3) is 3.12. The summed E-state index contributed by atoms with van der Waals surface area (Å²) in [6, 6.07) is 7.92. The zero-order valence-electron chi connectivity index (χ0n) is 10.7. The van der Waals surface area contributed by atoms with Crippen LogP contribution in [0.3, 0.4) is 0 Å². The number of hydrogen-bond acceptors (Lipinski definition) is 4. The van der Waals surface area contributed by atoms with Gasteiger partial charge in [0.15, 0.2) is 0 Å². The SMILES string of the molecule is CCCN1NNNC1=NCc1cccc(OC)c1. The van der Waals surface area contributed by atoms with E-state index in [-0.39, 0.29) is 0 Å². The number of hydrazine groups is 3. The Bertz CT molecular complexity index is 421. The summed E-state index contributed by atoms with van der Waals surface area (Å²) in [5, 5.41) is 1.94. The molecule has 0 radical (unpaired) electrons. The molecule has 0 unspecified atom stereocenters. The topological polar surface area (TPSA) is 60.9 Å². The van der Waals surface area contributed by atoms with Crippen LogP contribution >= 0.6 is 0 Å². The lowest BCUT2D eigenvalue weighted by Gasteiger charge is -2.14. The van der Waals surface area contributed by atoms with Crippen LogP contribution in [-0.2, 0) is 6.54 Å². The number of nitrogens with one attached hydrogen (secondary N) is 3. The van der Waals surface area contributed by atoms with E-state index < -0.39 is 0 Å². The minimum Gasteiger partial charge on any atom is -0.497 e. The fourth-order valence-corrected chi connectivity index (χ4v) is 1.72. The number of hydrogen-bond donors (Lipinski definition) is 3. The largest absolute Gasteiger partial charge is 0.497 e. The van der Waals surface area contributed by atoms with Crippen LogP contribution in [-0.4, -0.2) is 24.6 Å². The summed E-state index contributed by atoms with van der Waals surface area (Å²) in [4.78, 5) is 4.52. The fraction of sp³-hybridized carbons (Fsp3) is 0.417. The van der Waals surface area contributed by atoms with Crippen molar-refractivity contribution in [1.29, 1.82) is 0 Å². The summed E-state index contributed by atoms with van der Waals surface area (Å²) in [7, 11) is 1.67. The fourth-order valence-electron chi connectivity index (χ4n) is 1.72. The van der Waals surface area contributed by atoms with Crippen molar-refractivity contribution in [2.75, 3.05) is 13.7 Å². The molecule has 1 aromatic carbocycles. The van der Waals surface area contributed by atoms with Crippen molar-refractivity contribution in [3.05, 3.63) is 29.8 Å². The first kappa shape index (κ1) is 12.7. The Morgan fingerprint density at radius 2 is 2.28 bits per heavy atom. The van der Waals surface area contributed by atoms with Gasteiger partial charge in [-0.2, -0.15) is 5.53 Å². The van der Waals surface area contributed by atoms with E-state index in [0.29, 0.717) is 6.54 Å². The van der Waals surface area contributed by atoms with Gasteiger partial charge in [-0.1, -0.05) is 19.1 Å². The molecule has 6 nitrogen and oxygen atoms in total. The molecule has 1 heterocycles. The van der Waals surface area contributed by atoms with Crippen LogP contribution in [0, 0.1) is 0 Å². The minimum atomic E-state index is 0.614. The molecular weight excluding hydrogens is 230 g/mol. The van der Waals surface area contributed by atoms with Gasteiger partial charge in [-0.15, -0.1) is 5.53 Å². The van der Waals surface area contributed by atoms with Crippen LogP contribution in [0.4, 0.5) is 0 Å². The summed E-state index contributed by atoms with van der Waals surface area (Å²) in [5.74, 6) is 1.66. The zero-order valence-corrected chi connectivity index (χ0v) is 10.7. The third-order valence-corrected chi connectivity index (χ3v) is 2.61. The van der Waals surface area contributed by atoms with E-state index in [1.54, 1.807) is 7.11 Å². The van der Waals surface area contributed by atoms with Gasteiger partial charge in [-0.3, -0.25) is 10.4 Å². The Kier molecular flexibility index (Phi) is 4.38. The van der Waals surface area contributed by atoms with Gasteiger partial charge >= 0.3 is 0 Å². The van der Waals surface area contributed by atoms with E-state index in [4.69, 9.17) is 4.74 Å². The molecule has 1 fully saturated rings. The van der Waals surface area contributed by atoms with Gasteiger partial charge < -0.3 is 4.74 Å². The number of nitrogens with zero attached hydrogens (tertiary/aromatic N) is 2. The van der Waals surface area contributed by atoms with Crippen molar-refractivity contribution in [3.63, 3.8) is 0 Å². The third-order valence-electron chi connectivity index (χ3n) is 2.61. The lowest BCUT2D eigenvalue weighted by Crippen LogP contribution is -2.38. The van der Waals surface area contributed by atoms with Gasteiger partial charge in [-0.25, -0.2) is 4.99 Å². The van der Waals surface area contributed by atoms with Crippen molar-refractivity contribution in [3.8, 4) is 5.75 Å². The monoisotopic (exact) mass is 249 g/mol. The quantitative estimate of drug-likeness (QED) is 0.720. The average Bonchev–Trinajstić information content (AvgIpc) is 2.85. The molecule has 0 aliphatic carbocycles. The summed E-state index contributed by atoms with van der Waals surface area (Å²) < 4.78 is 5.19. The lowest BCUT2D eigenvalue weighted by atomic mass is 10.2. The number of methoxy groups -OCH3 is 1. The van der Waals surface area contributed by atoms with E-state index in [2.05, 4.69) is 28.4 Å². The second-order valence-electron chi connectivity index (χ2n) is 4.00. The molecule has 1 aliphatic rings. The van der Waals surface area contributed by atoms with Crippen molar-refractivity contribution >= 4 is 5.96 Å². The van der Waals surface area contributed by atoms with Gasteiger partial charge in [-0.05, 0) is 24.1 Å². The molecule has 0 spiro atoms. The molecule has 1 aliphatic heterocycles. The summed E-state index contributed by atoms with van der Waals surface area (Å²) >= 11 is 0. The zero-order chi connectivity index (χ0) is 12.8. The van der Waals surface area contributed by atoms with E-state index in [9.17, 15) is 0 Å². The second kappa shape index (κ2) is 6.23. The number of benzene rings is 1. The number of ether oxygens (including phenoxy) is 1. The van der Waals surface area contributed by atoms with Gasteiger partial charge in [0.05, 0.1) is 13.7 Å². The first-order chi connectivity index (χ1) is 8.83. The molecule has 1 saturated heterocycles. The minimum absolute atomic E-state index is 0.614. The number of guanidine groups is 1. The maximum atomic E-state index is 5.19. The maximum Gasteiger partial charge on any atom is 0.225 e. The Labute approximate surface area is 107 Å². The van der Waals surface area contributed by atoms with Crippen molar-refractivity contribution < 1.29 is 4.74 Å². The molecular formula is C12H19N5O. The highest BCUT2D eigenvalue weighted by atomic mass is 16.5. The van der Waals surface area contributed by atoms with E-state index >= 15 is 0 Å². The van der Waals surface area contributed by atoms with Gasteiger partial charge in [0.2, 0.25) is 5.96 Å². The van der Waals surface area contributed by atoms with E-state index in [0.717, 1.165) is 30.2 Å². The molecule has 18 heavy (non-hydrogen) atoms. The molecule has 0 bridgehead atoms. The predicted octanol–water partition coefficient (Wildman–Crippen LogP) is 0.791. The Hall–Kier alpha value is -1.79. The molecule has 3 N–H and O–H groups in total. The highest BCUT2D eigenvalue weighted by molar-refractivity contribution is 5.80. The Morgan fingerprint density at radius 1 is 1.39 bits per heavy atom. The highest BCUT2D eigenvalue weighted by Crippen LogP contribution is 2.13. The van der Waals surface area contributed by atoms with Gasteiger partial charge in [0.1, 0.15) is 5.75 Å². The smallest absolute Gasteiger partial charge is 0.225 e. The average molecular weight is 249 g/mol. The standard InChI is InChI=1S/C12H19N5O/c1-3-7-17-12(14-15-16-17)13-9-10-5-4-6-11(8-10)18-2/h4-6,8,15-16H,3,7,9H2,1-2H3,(H,13,14). The number of aliphatic imine (C=N–C) groups is 1. The van der Waals surface area contributed by atoms with Gasteiger partial charge in [0, 0.05) is 6.54 Å². The molecule has 0 saturated carbocycles. The maximum absolute atomic E-state index is 5.19. The first-order valence-corrected chi connectivity index (χ1v) is 6.05. The molecule has 0 amide bonds. The lowest BCUT2D eigenvalue weighted by molar-refractivity contribution is 0.301. The molecule has 98 valence electrons. The molecule has 1 aromatic rings. The molecule has 0 atom stereocenters. The normalized spacial score (nSPS) is 17.0. The van der Waals surface area contributed by atoms with Gasteiger partial charge in [0.25, 0.3) is 0 Å². The van der Waals surface area contributed by atoms with Crippen LogP contribution in [0.5, 0.6) is 5.75 Å². The Balaban J connectivity index is 2.00. The Morgan fingerprint density at radius 3 is 3.06 bits per heavy atom. The molecule has 6 heteroatoms. The van der Waals surface area contributed by atoms with Crippen LogP contribution in [0.2, 0.25) is 0 Å². The highest BCUT2D eigenvalue weighted by Gasteiger charge is 2.15. The van der Waals surface area contributed by atoms with Crippen LogP contribution in [0.1, 0.15) is 18.9 Å². The summed E-state index contributed by atoms with van der Waals surface area (Å²) in [6.45, 7) is 3.64. The molecule has 2 rings (SSSR count). The second-order valence-corrected chi connectivity index (χ2v) is 4.00. The first-order valence-electron chi connectivity index (χ1n) is 6.05.